The minimum Gasteiger partial charge on any atom is -0.440 e. The number of ether oxygens (including phenoxy) is 1. The number of likely N-dealkylation sites (N-methyl/N-ethyl adjacent to an activating group) is 1. The zero-order valence-corrected chi connectivity index (χ0v) is 16.7. The van der Waals surface area contributed by atoms with Gasteiger partial charge in [0.1, 0.15) is 0 Å². The van der Waals surface area contributed by atoms with Gasteiger partial charge in [-0.2, -0.15) is 4.98 Å². The largest absolute Gasteiger partial charge is 0.440 e. The molecule has 26 heavy (non-hydrogen) atoms. The molecule has 0 saturated heterocycles. The highest BCUT2D eigenvalue weighted by molar-refractivity contribution is 6.29. The van der Waals surface area contributed by atoms with Crippen molar-refractivity contribution in [3.8, 4) is 0 Å². The molecule has 2 heterocycles. The van der Waals surface area contributed by atoms with Gasteiger partial charge in [-0.3, -0.25) is 18.5 Å². The first-order valence-electron chi connectivity index (χ1n) is 8.24. The number of hydrogen-bond donors (Lipinski definition) is 0. The van der Waals surface area contributed by atoms with Gasteiger partial charge in [-0.05, 0) is 17.5 Å². The van der Waals surface area contributed by atoms with E-state index in [4.69, 9.17) is 16.3 Å². The van der Waals surface area contributed by atoms with Crippen molar-refractivity contribution in [3.63, 3.8) is 0 Å². The van der Waals surface area contributed by atoms with E-state index < -0.39 is 17.2 Å². The molecule has 10 heteroatoms. The first-order chi connectivity index (χ1) is 11.9. The summed E-state index contributed by atoms with van der Waals surface area (Å²) in [7, 11) is 6.99. The molecule has 9 nitrogen and oxygen atoms in total. The number of quaternary nitrogens is 1. The zero-order chi connectivity index (χ0) is 19.8. The van der Waals surface area contributed by atoms with E-state index in [0.29, 0.717) is 11.0 Å². The number of halogens is 1. The Morgan fingerprint density at radius 1 is 1.23 bits per heavy atom. The van der Waals surface area contributed by atoms with Gasteiger partial charge in [0.15, 0.2) is 24.4 Å². The summed E-state index contributed by atoms with van der Waals surface area (Å²) in [4.78, 5) is 41.1. The molecule has 0 fully saturated rings. The van der Waals surface area contributed by atoms with Crippen LogP contribution in [0.3, 0.4) is 0 Å². The molecule has 0 spiro atoms. The van der Waals surface area contributed by atoms with E-state index >= 15 is 0 Å². The molecule has 0 N–H and O–H groups in total. The Kier molecular flexibility index (Phi) is 5.62. The van der Waals surface area contributed by atoms with Crippen molar-refractivity contribution in [2.75, 3.05) is 27.7 Å². The molecule has 0 saturated carbocycles. The Morgan fingerprint density at radius 3 is 2.38 bits per heavy atom. The van der Waals surface area contributed by atoms with E-state index in [1.54, 1.807) is 0 Å². The second-order valence-electron chi connectivity index (χ2n) is 7.73. The van der Waals surface area contributed by atoms with Crippen molar-refractivity contribution in [1.82, 2.24) is 18.7 Å². The Hall–Kier alpha value is -2.13. The van der Waals surface area contributed by atoms with Crippen molar-refractivity contribution < 1.29 is 14.0 Å². The van der Waals surface area contributed by atoms with Gasteiger partial charge in [0.25, 0.3) is 5.56 Å². The summed E-state index contributed by atoms with van der Waals surface area (Å²) in [5.41, 5.74) is -0.665. The fourth-order valence-electron chi connectivity index (χ4n) is 2.55. The predicted octanol–water partition coefficient (Wildman–Crippen LogP) is 0.413. The first kappa shape index (κ1) is 20.2. The summed E-state index contributed by atoms with van der Waals surface area (Å²) in [5.74, 6) is -0.262. The van der Waals surface area contributed by atoms with Crippen LogP contribution in [-0.2, 0) is 29.9 Å². The Labute approximate surface area is 155 Å². The molecule has 0 aliphatic carbocycles. The van der Waals surface area contributed by atoms with Crippen LogP contribution in [0.15, 0.2) is 9.59 Å². The smallest absolute Gasteiger partial charge is 0.363 e. The summed E-state index contributed by atoms with van der Waals surface area (Å²) >= 11 is 6.16. The van der Waals surface area contributed by atoms with Gasteiger partial charge in [0.2, 0.25) is 5.28 Å². The normalized spacial score (nSPS) is 12.2. The summed E-state index contributed by atoms with van der Waals surface area (Å²) < 4.78 is 9.39. The number of imidazole rings is 1. The third kappa shape index (κ3) is 4.16. The van der Waals surface area contributed by atoms with Crippen LogP contribution in [0.25, 0.3) is 11.2 Å². The monoisotopic (exact) mass is 386 g/mol. The van der Waals surface area contributed by atoms with Crippen LogP contribution in [0, 0.1) is 5.92 Å². The lowest BCUT2D eigenvalue weighted by Crippen LogP contribution is -2.40. The van der Waals surface area contributed by atoms with Crippen LogP contribution >= 0.6 is 11.6 Å². The standard InChI is InChI=1S/C16H25ClN5O4/c1-10(2)7-20-13-12(14(24)19(3)16(20)25)21(15(17)18-13)9-26-11(23)8-22(4,5)6/h10H,7-9H2,1-6H3/q+1. The van der Waals surface area contributed by atoms with Gasteiger partial charge >= 0.3 is 11.7 Å². The highest BCUT2D eigenvalue weighted by Crippen LogP contribution is 2.17. The molecule has 0 bridgehead atoms. The topological polar surface area (TPSA) is 88.1 Å². The number of carbonyl (C=O) groups excluding carboxylic acids is 1. The van der Waals surface area contributed by atoms with Gasteiger partial charge < -0.3 is 9.22 Å². The van der Waals surface area contributed by atoms with Crippen molar-refractivity contribution in [1.29, 1.82) is 0 Å². The van der Waals surface area contributed by atoms with Gasteiger partial charge in [-0.15, -0.1) is 0 Å². The molecular formula is C16H25ClN5O4+. The number of hydrogen-bond acceptors (Lipinski definition) is 5. The molecule has 144 valence electrons. The van der Waals surface area contributed by atoms with E-state index in [2.05, 4.69) is 4.98 Å². The van der Waals surface area contributed by atoms with Crippen LogP contribution < -0.4 is 11.2 Å². The molecule has 2 aromatic heterocycles. The van der Waals surface area contributed by atoms with Crippen LogP contribution in [0.5, 0.6) is 0 Å². The summed E-state index contributed by atoms with van der Waals surface area (Å²) in [6, 6.07) is 0. The minimum atomic E-state index is -0.535. The number of aromatic nitrogens is 4. The first-order valence-corrected chi connectivity index (χ1v) is 8.62. The molecule has 0 atom stereocenters. The highest BCUT2D eigenvalue weighted by atomic mass is 35.5. The molecule has 0 radical (unpaired) electrons. The lowest BCUT2D eigenvalue weighted by Gasteiger charge is -2.22. The SMILES string of the molecule is CC(C)Cn1c(=O)n(C)c(=O)c2c1nc(Cl)n2COC(=O)C[N+](C)(C)C. The highest BCUT2D eigenvalue weighted by Gasteiger charge is 2.22. The lowest BCUT2D eigenvalue weighted by molar-refractivity contribution is -0.862. The summed E-state index contributed by atoms with van der Waals surface area (Å²) in [6.45, 7) is 4.21. The maximum Gasteiger partial charge on any atom is 0.363 e. The molecule has 2 rings (SSSR count). The van der Waals surface area contributed by atoms with Crippen LogP contribution in [-0.4, -0.2) is 56.8 Å². The molecule has 0 aliphatic rings. The van der Waals surface area contributed by atoms with Gasteiger partial charge in [-0.1, -0.05) is 13.8 Å². The average molecular weight is 387 g/mol. The van der Waals surface area contributed by atoms with E-state index in [1.165, 1.54) is 16.2 Å². The van der Waals surface area contributed by atoms with Crippen molar-refractivity contribution in [2.24, 2.45) is 13.0 Å². The Bertz CT molecular complexity index is 949. The van der Waals surface area contributed by atoms with Crippen molar-refractivity contribution >= 4 is 28.7 Å². The molecule has 0 aromatic carbocycles. The van der Waals surface area contributed by atoms with Crippen LogP contribution in [0.1, 0.15) is 13.8 Å². The summed E-state index contributed by atoms with van der Waals surface area (Å²) in [6.07, 6.45) is 0. The number of nitrogens with zero attached hydrogens (tertiary/aromatic N) is 5. The fourth-order valence-corrected chi connectivity index (χ4v) is 2.76. The Morgan fingerprint density at radius 2 is 1.85 bits per heavy atom. The molecule has 0 aliphatic heterocycles. The predicted molar refractivity (Wildman–Crippen MR) is 98.1 cm³/mol. The molecular weight excluding hydrogens is 362 g/mol. The zero-order valence-electron chi connectivity index (χ0n) is 15.9. The second kappa shape index (κ2) is 7.24. The minimum absolute atomic E-state index is 0.0155. The molecule has 0 amide bonds. The maximum absolute atomic E-state index is 12.6. The van der Waals surface area contributed by atoms with Crippen LogP contribution in [0.4, 0.5) is 0 Å². The molecule has 2 aromatic rings. The number of fused-ring (bicyclic) bond motifs is 1. The van der Waals surface area contributed by atoms with E-state index in [-0.39, 0.29) is 35.6 Å². The van der Waals surface area contributed by atoms with Gasteiger partial charge in [0.05, 0.1) is 21.1 Å². The fraction of sp³-hybridized carbons (Fsp3) is 0.625. The number of carbonyl (C=O) groups is 1. The van der Waals surface area contributed by atoms with Crippen molar-refractivity contribution in [2.45, 2.75) is 27.1 Å². The third-order valence-corrected chi connectivity index (χ3v) is 3.98. The lowest BCUT2D eigenvalue weighted by atomic mass is 10.2. The van der Waals surface area contributed by atoms with Crippen molar-refractivity contribution in [3.05, 3.63) is 26.1 Å². The van der Waals surface area contributed by atoms with Crippen LogP contribution in [0.2, 0.25) is 5.28 Å². The number of rotatable bonds is 6. The second-order valence-corrected chi connectivity index (χ2v) is 8.06. The molecule has 0 unspecified atom stereocenters. The van der Waals surface area contributed by atoms with E-state index in [9.17, 15) is 14.4 Å². The van der Waals surface area contributed by atoms with Gasteiger partial charge in [0, 0.05) is 13.6 Å². The Balaban J connectivity index is 2.50. The average Bonchev–Trinajstić information content (AvgIpc) is 2.82. The summed E-state index contributed by atoms with van der Waals surface area (Å²) in [5, 5.41) is -0.0155. The maximum atomic E-state index is 12.6. The number of esters is 1. The van der Waals surface area contributed by atoms with E-state index in [1.807, 2.05) is 35.0 Å². The third-order valence-electron chi connectivity index (χ3n) is 3.69. The quantitative estimate of drug-likeness (QED) is 0.407. The van der Waals surface area contributed by atoms with E-state index in [0.717, 1.165) is 4.57 Å². The van der Waals surface area contributed by atoms with Gasteiger partial charge in [-0.25, -0.2) is 9.59 Å².